The molecule has 2 rings (SSSR count). The Morgan fingerprint density at radius 2 is 1.93 bits per heavy atom. The van der Waals surface area contributed by atoms with E-state index < -0.39 is 0 Å². The van der Waals surface area contributed by atoms with E-state index >= 15 is 0 Å². The lowest BCUT2D eigenvalue weighted by atomic mass is 10.2. The van der Waals surface area contributed by atoms with Gasteiger partial charge in [-0.2, -0.15) is 0 Å². The lowest BCUT2D eigenvalue weighted by Crippen LogP contribution is -2.38. The SMILES string of the molecule is CCNC(=NCc1ccc(OCCCN(C)C)cc1)NCCc1nc(C)c(C)s1. The highest BCUT2D eigenvalue weighted by Gasteiger charge is 2.04. The second-order valence-corrected chi connectivity index (χ2v) is 8.56. The summed E-state index contributed by atoms with van der Waals surface area (Å²) in [6.45, 7) is 10.3. The van der Waals surface area contributed by atoms with Gasteiger partial charge in [0.2, 0.25) is 0 Å². The van der Waals surface area contributed by atoms with Crippen molar-refractivity contribution < 1.29 is 4.74 Å². The summed E-state index contributed by atoms with van der Waals surface area (Å²) in [6, 6.07) is 8.20. The number of thiazole rings is 1. The van der Waals surface area contributed by atoms with Crippen molar-refractivity contribution in [3.8, 4) is 5.75 Å². The number of nitrogens with one attached hydrogen (secondary N) is 2. The summed E-state index contributed by atoms with van der Waals surface area (Å²) in [4.78, 5) is 12.8. The summed E-state index contributed by atoms with van der Waals surface area (Å²) in [5, 5.41) is 7.87. The molecule has 29 heavy (non-hydrogen) atoms. The number of hydrogen-bond acceptors (Lipinski definition) is 5. The molecule has 0 saturated carbocycles. The predicted octanol–water partition coefficient (Wildman–Crippen LogP) is 3.39. The van der Waals surface area contributed by atoms with E-state index in [1.165, 1.54) is 9.88 Å². The van der Waals surface area contributed by atoms with Crippen LogP contribution >= 0.6 is 11.3 Å². The van der Waals surface area contributed by atoms with Gasteiger partial charge in [-0.3, -0.25) is 0 Å². The van der Waals surface area contributed by atoms with Crippen molar-refractivity contribution in [1.29, 1.82) is 0 Å². The molecule has 0 atom stereocenters. The molecule has 7 heteroatoms. The highest BCUT2D eigenvalue weighted by Crippen LogP contribution is 2.16. The minimum atomic E-state index is 0.631. The van der Waals surface area contributed by atoms with Crippen LogP contribution in [0.4, 0.5) is 0 Å². The highest BCUT2D eigenvalue weighted by molar-refractivity contribution is 7.11. The molecule has 160 valence electrons. The number of nitrogens with zero attached hydrogens (tertiary/aromatic N) is 3. The summed E-state index contributed by atoms with van der Waals surface area (Å²) in [6.07, 6.45) is 1.93. The van der Waals surface area contributed by atoms with Gasteiger partial charge < -0.3 is 20.3 Å². The fourth-order valence-corrected chi connectivity index (χ4v) is 3.64. The van der Waals surface area contributed by atoms with Gasteiger partial charge in [-0.1, -0.05) is 12.1 Å². The lowest BCUT2D eigenvalue weighted by molar-refractivity contribution is 0.281. The van der Waals surface area contributed by atoms with Crippen LogP contribution in [0.1, 0.15) is 34.5 Å². The molecule has 0 unspecified atom stereocenters. The average molecular weight is 418 g/mol. The number of aliphatic imine (C=N–C) groups is 1. The molecule has 2 aromatic rings. The van der Waals surface area contributed by atoms with Crippen molar-refractivity contribution in [2.45, 2.75) is 40.2 Å². The maximum absolute atomic E-state index is 5.79. The second kappa shape index (κ2) is 12.4. The molecule has 1 aromatic heterocycles. The zero-order chi connectivity index (χ0) is 21.1. The van der Waals surface area contributed by atoms with E-state index in [9.17, 15) is 0 Å². The van der Waals surface area contributed by atoms with E-state index in [4.69, 9.17) is 9.73 Å². The van der Waals surface area contributed by atoms with Crippen LogP contribution in [0.25, 0.3) is 0 Å². The van der Waals surface area contributed by atoms with Crippen molar-refractivity contribution in [2.75, 3.05) is 40.3 Å². The van der Waals surface area contributed by atoms with Gasteiger partial charge in [0.1, 0.15) is 5.75 Å². The first-order chi connectivity index (χ1) is 14.0. The van der Waals surface area contributed by atoms with Gasteiger partial charge in [0.15, 0.2) is 5.96 Å². The fraction of sp³-hybridized carbons (Fsp3) is 0.545. The van der Waals surface area contributed by atoms with Gasteiger partial charge in [0.25, 0.3) is 0 Å². The maximum atomic E-state index is 5.79. The van der Waals surface area contributed by atoms with E-state index in [0.717, 1.165) is 62.0 Å². The standard InChI is InChI=1S/C22H35N5OS/c1-6-23-22(24-13-12-21-26-17(2)18(3)29-21)25-16-19-8-10-20(11-9-19)28-15-7-14-27(4)5/h8-11H,6-7,12-16H2,1-5H3,(H2,23,24,25). The second-order valence-electron chi connectivity index (χ2n) is 7.27. The van der Waals surface area contributed by atoms with E-state index in [2.05, 4.69) is 67.5 Å². The van der Waals surface area contributed by atoms with Crippen molar-refractivity contribution >= 4 is 17.3 Å². The van der Waals surface area contributed by atoms with Crippen LogP contribution in [0.15, 0.2) is 29.3 Å². The maximum Gasteiger partial charge on any atom is 0.191 e. The molecule has 1 aromatic carbocycles. The normalized spacial score (nSPS) is 11.7. The molecule has 0 bridgehead atoms. The fourth-order valence-electron chi connectivity index (χ4n) is 2.71. The molecule has 0 fully saturated rings. The van der Waals surface area contributed by atoms with Crippen molar-refractivity contribution in [3.63, 3.8) is 0 Å². The van der Waals surface area contributed by atoms with Gasteiger partial charge >= 0.3 is 0 Å². The molecule has 0 saturated heterocycles. The van der Waals surface area contributed by atoms with E-state index in [-0.39, 0.29) is 0 Å². The first-order valence-corrected chi connectivity index (χ1v) is 11.1. The van der Waals surface area contributed by atoms with Gasteiger partial charge in [0.05, 0.1) is 23.9 Å². The van der Waals surface area contributed by atoms with Crippen LogP contribution < -0.4 is 15.4 Å². The molecule has 0 aliphatic carbocycles. The monoisotopic (exact) mass is 417 g/mol. The number of ether oxygens (including phenoxy) is 1. The largest absolute Gasteiger partial charge is 0.494 e. The zero-order valence-corrected chi connectivity index (χ0v) is 19.2. The predicted molar refractivity (Wildman–Crippen MR) is 123 cm³/mol. The minimum Gasteiger partial charge on any atom is -0.494 e. The van der Waals surface area contributed by atoms with Crippen LogP contribution in [-0.4, -0.2) is 56.2 Å². The van der Waals surface area contributed by atoms with E-state index in [1.807, 2.05) is 12.1 Å². The molecular formula is C22H35N5OS. The van der Waals surface area contributed by atoms with E-state index in [0.29, 0.717) is 6.54 Å². The Balaban J connectivity index is 1.79. The summed E-state index contributed by atoms with van der Waals surface area (Å²) in [5.74, 6) is 1.75. The minimum absolute atomic E-state index is 0.631. The first-order valence-electron chi connectivity index (χ1n) is 10.3. The molecule has 6 nitrogen and oxygen atoms in total. The van der Waals surface area contributed by atoms with Crippen LogP contribution in [0.5, 0.6) is 5.75 Å². The molecular weight excluding hydrogens is 382 g/mol. The van der Waals surface area contributed by atoms with Crippen LogP contribution in [-0.2, 0) is 13.0 Å². The number of benzene rings is 1. The lowest BCUT2D eigenvalue weighted by Gasteiger charge is -2.11. The Bertz CT molecular complexity index is 736. The third kappa shape index (κ3) is 8.83. The highest BCUT2D eigenvalue weighted by atomic mass is 32.1. The molecule has 0 aliphatic heterocycles. The van der Waals surface area contributed by atoms with Crippen molar-refractivity contribution in [1.82, 2.24) is 20.5 Å². The zero-order valence-electron chi connectivity index (χ0n) is 18.4. The Labute approximate surface area is 179 Å². The summed E-state index contributed by atoms with van der Waals surface area (Å²) >= 11 is 1.77. The summed E-state index contributed by atoms with van der Waals surface area (Å²) in [7, 11) is 4.15. The van der Waals surface area contributed by atoms with Crippen molar-refractivity contribution in [3.05, 3.63) is 45.4 Å². The molecule has 0 aliphatic rings. The molecule has 0 amide bonds. The first kappa shape index (κ1) is 23.2. The number of guanidine groups is 1. The average Bonchev–Trinajstić information content (AvgIpc) is 3.01. The smallest absolute Gasteiger partial charge is 0.191 e. The Morgan fingerprint density at radius 3 is 2.55 bits per heavy atom. The molecule has 1 heterocycles. The van der Waals surface area contributed by atoms with Gasteiger partial charge in [-0.25, -0.2) is 9.98 Å². The van der Waals surface area contributed by atoms with E-state index in [1.54, 1.807) is 11.3 Å². The van der Waals surface area contributed by atoms with Crippen molar-refractivity contribution in [2.24, 2.45) is 4.99 Å². The van der Waals surface area contributed by atoms with Gasteiger partial charge in [-0.05, 0) is 59.0 Å². The summed E-state index contributed by atoms with van der Waals surface area (Å²) < 4.78 is 5.79. The Morgan fingerprint density at radius 1 is 1.17 bits per heavy atom. The third-order valence-electron chi connectivity index (χ3n) is 4.41. The number of hydrogen-bond donors (Lipinski definition) is 2. The molecule has 0 radical (unpaired) electrons. The Kier molecular flexibility index (Phi) is 9.94. The summed E-state index contributed by atoms with van der Waals surface area (Å²) in [5.41, 5.74) is 2.30. The van der Waals surface area contributed by atoms with Crippen LogP contribution in [0.3, 0.4) is 0 Å². The third-order valence-corrected chi connectivity index (χ3v) is 5.54. The Hall–Kier alpha value is -2.12. The molecule has 0 spiro atoms. The molecule has 2 N–H and O–H groups in total. The topological polar surface area (TPSA) is 61.8 Å². The van der Waals surface area contributed by atoms with Crippen LogP contribution in [0.2, 0.25) is 0 Å². The quantitative estimate of drug-likeness (QED) is 0.333. The number of aryl methyl sites for hydroxylation is 2. The van der Waals surface area contributed by atoms with Gasteiger partial charge in [-0.15, -0.1) is 11.3 Å². The van der Waals surface area contributed by atoms with Crippen LogP contribution in [0, 0.1) is 13.8 Å². The number of aromatic nitrogens is 1. The number of rotatable bonds is 11. The van der Waals surface area contributed by atoms with Gasteiger partial charge in [0, 0.05) is 30.9 Å².